The van der Waals surface area contributed by atoms with E-state index in [0.717, 1.165) is 18.5 Å². The number of carbonyl (C=O) groups is 1. The Balaban J connectivity index is 2.21. The van der Waals surface area contributed by atoms with Crippen LogP contribution in [-0.2, 0) is 22.5 Å². The molecule has 0 bridgehead atoms. The second kappa shape index (κ2) is 8.04. The normalized spacial score (nSPS) is 11.5. The van der Waals surface area contributed by atoms with Crippen LogP contribution in [0.1, 0.15) is 39.8 Å². The Morgan fingerprint density at radius 2 is 2.11 bits per heavy atom. The molecule has 0 N–H and O–H groups in total. The van der Waals surface area contributed by atoms with Gasteiger partial charge in [0.1, 0.15) is 6.61 Å². The smallest absolute Gasteiger partial charge is 0.160 e. The quantitative estimate of drug-likeness (QED) is 0.643. The van der Waals surface area contributed by atoms with Crippen molar-refractivity contribution in [1.82, 2.24) is 15.0 Å². The maximum Gasteiger partial charge on any atom is 0.160 e. The van der Waals surface area contributed by atoms with Gasteiger partial charge in [-0.3, -0.25) is 4.79 Å². The highest BCUT2D eigenvalue weighted by Gasteiger charge is 2.07. The fourth-order valence-corrected chi connectivity index (χ4v) is 1.50. The minimum Gasteiger partial charge on any atom is -0.372 e. The molecule has 5 nitrogen and oxygen atoms in total. The van der Waals surface area contributed by atoms with E-state index in [2.05, 4.69) is 24.2 Å². The number of hydrogen-bond acceptors (Lipinski definition) is 4. The zero-order valence-electron chi connectivity index (χ0n) is 12.4. The van der Waals surface area contributed by atoms with Gasteiger partial charge in [0.05, 0.1) is 18.8 Å². The molecule has 19 heavy (non-hydrogen) atoms. The lowest BCUT2D eigenvalue weighted by Gasteiger charge is -2.05. The fourth-order valence-electron chi connectivity index (χ4n) is 1.50. The Hall–Kier alpha value is -1.23. The molecule has 0 saturated carbocycles. The van der Waals surface area contributed by atoms with Crippen molar-refractivity contribution in [3.8, 4) is 0 Å². The summed E-state index contributed by atoms with van der Waals surface area (Å²) in [5.41, 5.74) is 1.02. The van der Waals surface area contributed by atoms with Gasteiger partial charge in [0.15, 0.2) is 5.78 Å². The number of nitrogens with zero attached hydrogens (tertiary/aromatic N) is 3. The number of ether oxygens (including phenoxy) is 1. The maximum atomic E-state index is 11.3. The van der Waals surface area contributed by atoms with Crippen molar-refractivity contribution in [2.24, 2.45) is 11.8 Å². The lowest BCUT2D eigenvalue weighted by molar-refractivity contribution is -0.126. The molecule has 0 aliphatic rings. The molecular formula is C14H25N3O2. The van der Waals surface area contributed by atoms with Crippen LogP contribution >= 0.6 is 0 Å². The zero-order valence-corrected chi connectivity index (χ0v) is 12.4. The van der Waals surface area contributed by atoms with Crippen molar-refractivity contribution in [2.45, 2.75) is 47.1 Å². The van der Waals surface area contributed by atoms with Gasteiger partial charge in [0, 0.05) is 12.1 Å². The molecule has 0 unspecified atom stereocenters. The van der Waals surface area contributed by atoms with E-state index in [1.165, 1.54) is 0 Å². The van der Waals surface area contributed by atoms with Gasteiger partial charge in [-0.15, -0.1) is 5.10 Å². The average molecular weight is 267 g/mol. The molecule has 5 heteroatoms. The van der Waals surface area contributed by atoms with E-state index in [-0.39, 0.29) is 18.3 Å². The molecule has 1 aromatic rings. The summed E-state index contributed by atoms with van der Waals surface area (Å²) < 4.78 is 7.10. The van der Waals surface area contributed by atoms with Crippen molar-refractivity contribution >= 4 is 5.78 Å². The minimum absolute atomic E-state index is 0.0361. The monoisotopic (exact) mass is 267 g/mol. The highest BCUT2D eigenvalue weighted by atomic mass is 16.5. The predicted octanol–water partition coefficient (Wildman–Crippen LogP) is 2.11. The summed E-state index contributed by atoms with van der Waals surface area (Å²) in [6.07, 6.45) is 4.04. The fraction of sp³-hybridized carbons (Fsp3) is 0.786. The van der Waals surface area contributed by atoms with Crippen LogP contribution in [0.3, 0.4) is 0 Å². The van der Waals surface area contributed by atoms with E-state index in [4.69, 9.17) is 4.74 Å². The van der Waals surface area contributed by atoms with Crippen LogP contribution in [0.15, 0.2) is 6.20 Å². The third kappa shape index (κ3) is 6.47. The van der Waals surface area contributed by atoms with E-state index < -0.39 is 0 Å². The molecule has 0 aromatic carbocycles. The van der Waals surface area contributed by atoms with Crippen molar-refractivity contribution in [1.29, 1.82) is 0 Å². The number of rotatable bonds is 9. The zero-order chi connectivity index (χ0) is 14.3. The summed E-state index contributed by atoms with van der Waals surface area (Å²) in [6, 6.07) is 0. The summed E-state index contributed by atoms with van der Waals surface area (Å²) in [5, 5.41) is 8.17. The Bertz CT molecular complexity index is 386. The van der Waals surface area contributed by atoms with Gasteiger partial charge in [-0.2, -0.15) is 0 Å². The molecule has 0 spiro atoms. The van der Waals surface area contributed by atoms with E-state index in [9.17, 15) is 4.79 Å². The molecule has 1 heterocycles. The van der Waals surface area contributed by atoms with Crippen molar-refractivity contribution < 1.29 is 9.53 Å². The largest absolute Gasteiger partial charge is 0.372 e. The molecule has 0 atom stereocenters. The van der Waals surface area contributed by atoms with E-state index >= 15 is 0 Å². The second-order valence-corrected chi connectivity index (χ2v) is 5.58. The summed E-state index contributed by atoms with van der Waals surface area (Å²) in [6.45, 7) is 9.47. The number of hydrogen-bond donors (Lipinski definition) is 0. The van der Waals surface area contributed by atoms with Gasteiger partial charge in [-0.25, -0.2) is 4.68 Å². The SMILES string of the molecule is CC(C)CCc1cn(CCOCC(=O)C(C)C)nn1. The second-order valence-electron chi connectivity index (χ2n) is 5.58. The molecule has 0 aliphatic heterocycles. The van der Waals surface area contributed by atoms with Crippen LogP contribution in [0.5, 0.6) is 0 Å². The summed E-state index contributed by atoms with van der Waals surface area (Å²) >= 11 is 0. The first-order valence-corrected chi connectivity index (χ1v) is 6.98. The lowest BCUT2D eigenvalue weighted by Crippen LogP contribution is -2.17. The first kappa shape index (κ1) is 15.8. The number of Topliss-reactive ketones (excluding diaryl/α,β-unsaturated/α-hetero) is 1. The highest BCUT2D eigenvalue weighted by molar-refractivity contribution is 5.81. The first-order chi connectivity index (χ1) is 8.99. The van der Waals surface area contributed by atoms with E-state index in [1.54, 1.807) is 4.68 Å². The van der Waals surface area contributed by atoms with Crippen molar-refractivity contribution in [2.75, 3.05) is 13.2 Å². The van der Waals surface area contributed by atoms with Gasteiger partial charge in [0.25, 0.3) is 0 Å². The molecule has 0 saturated heterocycles. The van der Waals surface area contributed by atoms with E-state index in [1.807, 2.05) is 20.0 Å². The minimum atomic E-state index is 0.0361. The van der Waals surface area contributed by atoms with Crippen LogP contribution in [0, 0.1) is 11.8 Å². The first-order valence-electron chi connectivity index (χ1n) is 6.98. The van der Waals surface area contributed by atoms with Crippen molar-refractivity contribution in [3.63, 3.8) is 0 Å². The number of ketones is 1. The average Bonchev–Trinajstić information content (AvgIpc) is 2.79. The maximum absolute atomic E-state index is 11.3. The number of aryl methyl sites for hydroxylation is 1. The highest BCUT2D eigenvalue weighted by Crippen LogP contribution is 2.05. The lowest BCUT2D eigenvalue weighted by atomic mass is 10.1. The summed E-state index contributed by atoms with van der Waals surface area (Å²) in [4.78, 5) is 11.3. The third-order valence-corrected chi connectivity index (χ3v) is 2.92. The van der Waals surface area contributed by atoms with Crippen LogP contribution in [0.4, 0.5) is 0 Å². The Morgan fingerprint density at radius 1 is 1.37 bits per heavy atom. The van der Waals surface area contributed by atoms with Crippen LogP contribution in [0.25, 0.3) is 0 Å². The third-order valence-electron chi connectivity index (χ3n) is 2.92. The van der Waals surface area contributed by atoms with Gasteiger partial charge in [0.2, 0.25) is 0 Å². The molecule has 1 rings (SSSR count). The molecule has 0 radical (unpaired) electrons. The van der Waals surface area contributed by atoms with Crippen LogP contribution in [-0.4, -0.2) is 34.0 Å². The van der Waals surface area contributed by atoms with Crippen molar-refractivity contribution in [3.05, 3.63) is 11.9 Å². The molecule has 0 amide bonds. The summed E-state index contributed by atoms with van der Waals surface area (Å²) in [7, 11) is 0. The molecular weight excluding hydrogens is 242 g/mol. The Morgan fingerprint density at radius 3 is 2.74 bits per heavy atom. The number of aromatic nitrogens is 3. The topological polar surface area (TPSA) is 57.0 Å². The van der Waals surface area contributed by atoms with Crippen LogP contribution in [0.2, 0.25) is 0 Å². The molecule has 0 fully saturated rings. The van der Waals surface area contributed by atoms with E-state index in [0.29, 0.717) is 19.1 Å². The molecule has 1 aromatic heterocycles. The van der Waals surface area contributed by atoms with Crippen LogP contribution < -0.4 is 0 Å². The van der Waals surface area contributed by atoms with Gasteiger partial charge in [-0.05, 0) is 18.8 Å². The summed E-state index contributed by atoms with van der Waals surface area (Å²) in [5.74, 6) is 0.848. The Kier molecular flexibility index (Phi) is 6.70. The van der Waals surface area contributed by atoms with Gasteiger partial charge in [-0.1, -0.05) is 32.9 Å². The molecule has 0 aliphatic carbocycles. The standard InChI is InChI=1S/C14H25N3O2/c1-11(2)5-6-13-9-17(16-15-13)7-8-19-10-14(18)12(3)4/h9,11-12H,5-8,10H2,1-4H3. The molecule has 108 valence electrons. The Labute approximate surface area is 115 Å². The van der Waals surface area contributed by atoms with Gasteiger partial charge < -0.3 is 4.74 Å². The number of carbonyl (C=O) groups excluding carboxylic acids is 1. The predicted molar refractivity (Wildman–Crippen MR) is 73.8 cm³/mol. The van der Waals surface area contributed by atoms with Gasteiger partial charge >= 0.3 is 0 Å².